The van der Waals surface area contributed by atoms with E-state index in [1.807, 2.05) is 24.3 Å². The van der Waals surface area contributed by atoms with Crippen LogP contribution >= 0.6 is 11.6 Å². The number of carbonyl (C=O) groups excluding carboxylic acids is 2. The van der Waals surface area contributed by atoms with Crippen LogP contribution in [0.4, 0.5) is 5.82 Å². The lowest BCUT2D eigenvalue weighted by molar-refractivity contribution is -0.119. The largest absolute Gasteiger partial charge is 0.366 e. The molecule has 2 amide bonds. The van der Waals surface area contributed by atoms with E-state index in [1.165, 1.54) is 6.33 Å². The van der Waals surface area contributed by atoms with E-state index in [4.69, 9.17) is 11.6 Å². The van der Waals surface area contributed by atoms with Crippen LogP contribution in [0.15, 0.2) is 36.7 Å². The molecule has 1 aliphatic rings. The molecule has 7 nitrogen and oxygen atoms in total. The predicted octanol–water partition coefficient (Wildman–Crippen LogP) is 1.66. The molecule has 8 heteroatoms. The summed E-state index contributed by atoms with van der Waals surface area (Å²) in [6, 6.07) is 9.15. The van der Waals surface area contributed by atoms with Crippen molar-refractivity contribution in [1.29, 1.82) is 0 Å². The maximum atomic E-state index is 12.5. The van der Waals surface area contributed by atoms with Gasteiger partial charge in [-0.15, -0.1) is 0 Å². The van der Waals surface area contributed by atoms with Crippen molar-refractivity contribution in [1.82, 2.24) is 19.8 Å². The van der Waals surface area contributed by atoms with Crippen molar-refractivity contribution in [2.75, 3.05) is 31.5 Å². The zero-order valence-corrected chi connectivity index (χ0v) is 14.3. The van der Waals surface area contributed by atoms with Crippen LogP contribution in [-0.2, 0) is 11.3 Å². The monoisotopic (exact) mass is 359 g/mol. The topological polar surface area (TPSA) is 78.4 Å². The number of hydrogen-bond acceptors (Lipinski definition) is 5. The summed E-state index contributed by atoms with van der Waals surface area (Å²) in [6.45, 7) is 2.67. The van der Waals surface area contributed by atoms with Crippen LogP contribution < -0.4 is 5.32 Å². The molecule has 0 radical (unpaired) electrons. The van der Waals surface area contributed by atoms with E-state index in [-0.39, 0.29) is 5.91 Å². The van der Waals surface area contributed by atoms with Crippen molar-refractivity contribution in [2.45, 2.75) is 6.54 Å². The molecular formula is C17H18ClN5O2. The van der Waals surface area contributed by atoms with Crippen LogP contribution in [-0.4, -0.2) is 58.3 Å². The van der Waals surface area contributed by atoms with Gasteiger partial charge in [0, 0.05) is 43.8 Å². The first-order valence-corrected chi connectivity index (χ1v) is 8.32. The van der Waals surface area contributed by atoms with Crippen LogP contribution in [0.2, 0.25) is 5.02 Å². The highest BCUT2D eigenvalue weighted by Gasteiger charge is 2.22. The van der Waals surface area contributed by atoms with Crippen LogP contribution in [0.3, 0.4) is 0 Å². The SMILES string of the molecule is O=CN1CCN(C(=O)c2cc(NCc3ccc(Cl)cc3)ncn2)CC1. The van der Waals surface area contributed by atoms with Crippen molar-refractivity contribution in [3.63, 3.8) is 0 Å². The molecule has 25 heavy (non-hydrogen) atoms. The van der Waals surface area contributed by atoms with Gasteiger partial charge < -0.3 is 15.1 Å². The highest BCUT2D eigenvalue weighted by molar-refractivity contribution is 6.30. The fourth-order valence-electron chi connectivity index (χ4n) is 2.56. The Bertz CT molecular complexity index is 745. The lowest BCUT2D eigenvalue weighted by Crippen LogP contribution is -2.48. The van der Waals surface area contributed by atoms with E-state index < -0.39 is 0 Å². The van der Waals surface area contributed by atoms with Crippen molar-refractivity contribution in [2.24, 2.45) is 0 Å². The molecule has 2 heterocycles. The number of nitrogens with zero attached hydrogens (tertiary/aromatic N) is 4. The van der Waals surface area contributed by atoms with Gasteiger partial charge in [-0.2, -0.15) is 0 Å². The Morgan fingerprint density at radius 1 is 1.16 bits per heavy atom. The average molecular weight is 360 g/mol. The third-order valence-electron chi connectivity index (χ3n) is 4.02. The first-order chi connectivity index (χ1) is 12.2. The van der Waals surface area contributed by atoms with Gasteiger partial charge in [0.1, 0.15) is 17.8 Å². The minimum Gasteiger partial charge on any atom is -0.366 e. The van der Waals surface area contributed by atoms with Crippen molar-refractivity contribution in [3.05, 3.63) is 52.9 Å². The number of carbonyl (C=O) groups is 2. The van der Waals surface area contributed by atoms with E-state index in [2.05, 4.69) is 15.3 Å². The standard InChI is InChI=1S/C17H18ClN5O2/c18-14-3-1-13(2-4-14)10-19-16-9-15(20-11-21-16)17(25)23-7-5-22(12-24)6-8-23/h1-4,9,11-12H,5-8,10H2,(H,19,20,21). The second-order valence-electron chi connectivity index (χ2n) is 5.70. The molecule has 1 saturated heterocycles. The summed E-state index contributed by atoms with van der Waals surface area (Å²) in [5.41, 5.74) is 1.40. The number of halogens is 1. The molecule has 0 atom stereocenters. The molecule has 0 spiro atoms. The first-order valence-electron chi connectivity index (χ1n) is 7.94. The van der Waals surface area contributed by atoms with Gasteiger partial charge in [0.05, 0.1) is 0 Å². The fourth-order valence-corrected chi connectivity index (χ4v) is 2.68. The zero-order valence-electron chi connectivity index (χ0n) is 13.6. The van der Waals surface area contributed by atoms with E-state index in [0.717, 1.165) is 12.0 Å². The highest BCUT2D eigenvalue weighted by Crippen LogP contribution is 2.13. The maximum Gasteiger partial charge on any atom is 0.272 e. The molecule has 2 aromatic rings. The molecule has 1 N–H and O–H groups in total. The Morgan fingerprint density at radius 2 is 1.88 bits per heavy atom. The molecule has 1 aliphatic heterocycles. The van der Waals surface area contributed by atoms with Gasteiger partial charge in [0.25, 0.3) is 5.91 Å². The second kappa shape index (κ2) is 7.94. The summed E-state index contributed by atoms with van der Waals surface area (Å²) in [6.07, 6.45) is 2.18. The van der Waals surface area contributed by atoms with Crippen molar-refractivity contribution >= 4 is 29.7 Å². The molecule has 0 aliphatic carbocycles. The normalized spacial score (nSPS) is 14.3. The van der Waals surface area contributed by atoms with Crippen LogP contribution in [0.1, 0.15) is 16.1 Å². The number of anilines is 1. The lowest BCUT2D eigenvalue weighted by atomic mass is 10.2. The third kappa shape index (κ3) is 4.45. The third-order valence-corrected chi connectivity index (χ3v) is 4.28. The molecule has 0 saturated carbocycles. The summed E-state index contributed by atoms with van der Waals surface area (Å²) in [5.74, 6) is 0.433. The summed E-state index contributed by atoms with van der Waals surface area (Å²) in [7, 11) is 0. The van der Waals surface area contributed by atoms with E-state index in [9.17, 15) is 9.59 Å². The Balaban J connectivity index is 1.61. The molecule has 1 aromatic heterocycles. The first kappa shape index (κ1) is 17.2. The molecular weight excluding hydrogens is 342 g/mol. The summed E-state index contributed by atoms with van der Waals surface area (Å²) in [4.78, 5) is 34.9. The number of nitrogens with one attached hydrogen (secondary N) is 1. The fraction of sp³-hybridized carbons (Fsp3) is 0.294. The minimum atomic E-state index is -0.150. The molecule has 0 unspecified atom stereocenters. The maximum absolute atomic E-state index is 12.5. The Morgan fingerprint density at radius 3 is 2.56 bits per heavy atom. The highest BCUT2D eigenvalue weighted by atomic mass is 35.5. The smallest absolute Gasteiger partial charge is 0.272 e. The number of aromatic nitrogens is 2. The van der Waals surface area contributed by atoms with E-state index in [1.54, 1.807) is 15.9 Å². The average Bonchev–Trinajstić information content (AvgIpc) is 2.67. The Kier molecular flexibility index (Phi) is 5.45. The van der Waals surface area contributed by atoms with Gasteiger partial charge in [-0.25, -0.2) is 9.97 Å². The van der Waals surface area contributed by atoms with Crippen LogP contribution in [0, 0.1) is 0 Å². The summed E-state index contributed by atoms with van der Waals surface area (Å²) < 4.78 is 0. The van der Waals surface area contributed by atoms with Gasteiger partial charge in [0.2, 0.25) is 6.41 Å². The number of amides is 2. The van der Waals surface area contributed by atoms with Crippen LogP contribution in [0.25, 0.3) is 0 Å². The summed E-state index contributed by atoms with van der Waals surface area (Å²) >= 11 is 5.87. The van der Waals surface area contributed by atoms with Gasteiger partial charge in [-0.3, -0.25) is 9.59 Å². The quantitative estimate of drug-likeness (QED) is 0.821. The van der Waals surface area contributed by atoms with Gasteiger partial charge in [-0.1, -0.05) is 23.7 Å². The van der Waals surface area contributed by atoms with Gasteiger partial charge in [-0.05, 0) is 17.7 Å². The Labute approximate surface area is 150 Å². The number of rotatable bonds is 5. The van der Waals surface area contributed by atoms with Gasteiger partial charge >= 0.3 is 0 Å². The minimum absolute atomic E-state index is 0.150. The van der Waals surface area contributed by atoms with Gasteiger partial charge in [0.15, 0.2) is 0 Å². The van der Waals surface area contributed by atoms with Crippen molar-refractivity contribution in [3.8, 4) is 0 Å². The second-order valence-corrected chi connectivity index (χ2v) is 6.14. The van der Waals surface area contributed by atoms with Crippen LogP contribution in [0.5, 0.6) is 0 Å². The van der Waals surface area contributed by atoms with E-state index >= 15 is 0 Å². The van der Waals surface area contributed by atoms with Crippen molar-refractivity contribution < 1.29 is 9.59 Å². The van der Waals surface area contributed by atoms with E-state index in [0.29, 0.717) is 49.3 Å². The molecule has 3 rings (SSSR count). The Hall–Kier alpha value is -2.67. The molecule has 1 fully saturated rings. The predicted molar refractivity (Wildman–Crippen MR) is 94.4 cm³/mol. The summed E-state index contributed by atoms with van der Waals surface area (Å²) in [5, 5.41) is 3.86. The molecule has 1 aromatic carbocycles. The number of piperazine rings is 1. The molecule has 130 valence electrons. The number of hydrogen-bond donors (Lipinski definition) is 1. The zero-order chi connectivity index (χ0) is 17.6. The number of benzene rings is 1. The lowest BCUT2D eigenvalue weighted by Gasteiger charge is -2.32. The molecule has 0 bridgehead atoms.